The van der Waals surface area contributed by atoms with Crippen molar-refractivity contribution in [3.8, 4) is 0 Å². The Labute approximate surface area is 107 Å². The summed E-state index contributed by atoms with van der Waals surface area (Å²) in [7, 11) is 0. The molecule has 5 heteroatoms. The highest BCUT2D eigenvalue weighted by Gasteiger charge is 2.38. The van der Waals surface area contributed by atoms with Gasteiger partial charge in [0.2, 0.25) is 5.76 Å². The van der Waals surface area contributed by atoms with Crippen LogP contribution in [0.2, 0.25) is 0 Å². The van der Waals surface area contributed by atoms with E-state index in [0.717, 1.165) is 44.7 Å². The van der Waals surface area contributed by atoms with Crippen molar-refractivity contribution in [2.45, 2.75) is 26.2 Å². The van der Waals surface area contributed by atoms with Gasteiger partial charge in [-0.2, -0.15) is 0 Å². The number of aromatic nitrogens is 1. The zero-order chi connectivity index (χ0) is 12.6. The molecule has 0 radical (unpaired) electrons. The number of aryl methyl sites for hydroxylation is 1. The highest BCUT2D eigenvalue weighted by Crippen LogP contribution is 2.37. The Morgan fingerprint density at radius 3 is 2.78 bits per heavy atom. The topological polar surface area (TPSA) is 58.4 Å². The van der Waals surface area contributed by atoms with Crippen LogP contribution >= 0.6 is 0 Å². The largest absolute Gasteiger partial charge is 0.351 e. The van der Waals surface area contributed by atoms with Crippen LogP contribution in [-0.4, -0.2) is 42.1 Å². The molecule has 0 aliphatic carbocycles. The first-order chi connectivity index (χ1) is 8.69. The van der Waals surface area contributed by atoms with E-state index >= 15 is 0 Å². The Morgan fingerprint density at radius 2 is 2.22 bits per heavy atom. The third-order valence-corrected chi connectivity index (χ3v) is 4.28. The summed E-state index contributed by atoms with van der Waals surface area (Å²) in [6.07, 6.45) is 3.44. The average Bonchev–Trinajstić information content (AvgIpc) is 3.00. The number of carbonyl (C=O) groups excluding carboxylic acids is 1. The van der Waals surface area contributed by atoms with E-state index in [0.29, 0.717) is 11.2 Å². The zero-order valence-electron chi connectivity index (χ0n) is 10.7. The minimum absolute atomic E-state index is 0.0172. The highest BCUT2D eigenvalue weighted by atomic mass is 16.5. The fourth-order valence-corrected chi connectivity index (χ4v) is 3.03. The maximum atomic E-state index is 12.2. The van der Waals surface area contributed by atoms with Gasteiger partial charge in [0.25, 0.3) is 5.91 Å². The van der Waals surface area contributed by atoms with Crippen molar-refractivity contribution in [1.82, 2.24) is 15.4 Å². The molecule has 2 aliphatic heterocycles. The van der Waals surface area contributed by atoms with Gasteiger partial charge in [0.05, 0.1) is 5.69 Å². The first-order valence-corrected chi connectivity index (χ1v) is 6.62. The smallest absolute Gasteiger partial charge is 0.292 e. The molecule has 2 aliphatic rings. The van der Waals surface area contributed by atoms with Gasteiger partial charge in [0.1, 0.15) is 0 Å². The summed E-state index contributed by atoms with van der Waals surface area (Å²) in [5.41, 5.74) is 1.19. The van der Waals surface area contributed by atoms with Crippen LogP contribution in [0.3, 0.4) is 0 Å². The predicted molar refractivity (Wildman–Crippen MR) is 66.3 cm³/mol. The van der Waals surface area contributed by atoms with Gasteiger partial charge in [-0.3, -0.25) is 4.79 Å². The predicted octanol–water partition coefficient (Wildman–Crippen LogP) is 1.20. The molecule has 3 heterocycles. The lowest BCUT2D eigenvalue weighted by atomic mass is 9.78. The van der Waals surface area contributed by atoms with E-state index in [1.807, 2.05) is 11.8 Å². The van der Waals surface area contributed by atoms with Gasteiger partial charge < -0.3 is 14.7 Å². The SMILES string of the molecule is Cc1cc(C(=O)N2CCC3(CCNC3)CC2)on1. The van der Waals surface area contributed by atoms with Gasteiger partial charge in [-0.15, -0.1) is 0 Å². The minimum atomic E-state index is -0.0172. The molecule has 2 saturated heterocycles. The second kappa shape index (κ2) is 4.39. The third-order valence-electron chi connectivity index (χ3n) is 4.28. The van der Waals surface area contributed by atoms with E-state index in [2.05, 4.69) is 10.5 Å². The van der Waals surface area contributed by atoms with Crippen LogP contribution in [0.15, 0.2) is 10.6 Å². The number of hydrogen-bond donors (Lipinski definition) is 1. The summed E-state index contributed by atoms with van der Waals surface area (Å²) in [6.45, 7) is 5.72. The summed E-state index contributed by atoms with van der Waals surface area (Å²) >= 11 is 0. The molecular weight excluding hydrogens is 230 g/mol. The molecule has 0 aromatic carbocycles. The quantitative estimate of drug-likeness (QED) is 0.812. The van der Waals surface area contributed by atoms with Gasteiger partial charge in [-0.25, -0.2) is 0 Å². The fraction of sp³-hybridized carbons (Fsp3) is 0.692. The summed E-state index contributed by atoms with van der Waals surface area (Å²) in [4.78, 5) is 14.1. The maximum Gasteiger partial charge on any atom is 0.292 e. The third kappa shape index (κ3) is 2.03. The molecule has 2 fully saturated rings. The number of rotatable bonds is 1. The molecule has 18 heavy (non-hydrogen) atoms. The molecule has 0 bridgehead atoms. The van der Waals surface area contributed by atoms with Gasteiger partial charge in [-0.1, -0.05) is 5.16 Å². The molecule has 0 unspecified atom stereocenters. The van der Waals surface area contributed by atoms with Crippen LogP contribution < -0.4 is 5.32 Å². The molecule has 1 aromatic rings. The number of carbonyl (C=O) groups is 1. The molecule has 1 N–H and O–H groups in total. The summed E-state index contributed by atoms with van der Waals surface area (Å²) in [5.74, 6) is 0.351. The molecule has 5 nitrogen and oxygen atoms in total. The van der Waals surface area contributed by atoms with E-state index in [-0.39, 0.29) is 5.91 Å². The lowest BCUT2D eigenvalue weighted by Crippen LogP contribution is -2.43. The first-order valence-electron chi connectivity index (χ1n) is 6.62. The van der Waals surface area contributed by atoms with Gasteiger partial charge >= 0.3 is 0 Å². The molecule has 1 amide bonds. The Bertz CT molecular complexity index is 439. The van der Waals surface area contributed by atoms with Crippen LogP contribution in [0, 0.1) is 12.3 Å². The summed E-state index contributed by atoms with van der Waals surface area (Å²) in [5, 5.41) is 7.20. The van der Waals surface area contributed by atoms with Crippen molar-refractivity contribution in [3.05, 3.63) is 17.5 Å². The van der Waals surface area contributed by atoms with Crippen LogP contribution in [0.5, 0.6) is 0 Å². The lowest BCUT2D eigenvalue weighted by molar-refractivity contribution is 0.0568. The van der Waals surface area contributed by atoms with E-state index < -0.39 is 0 Å². The zero-order valence-corrected chi connectivity index (χ0v) is 10.7. The molecule has 0 atom stereocenters. The first kappa shape index (κ1) is 11.7. The molecule has 0 saturated carbocycles. The van der Waals surface area contributed by atoms with Crippen LogP contribution in [0.4, 0.5) is 0 Å². The highest BCUT2D eigenvalue weighted by molar-refractivity contribution is 5.91. The molecule has 98 valence electrons. The molecule has 1 aromatic heterocycles. The monoisotopic (exact) mass is 249 g/mol. The van der Waals surface area contributed by atoms with E-state index in [9.17, 15) is 4.79 Å². The number of amides is 1. The average molecular weight is 249 g/mol. The van der Waals surface area contributed by atoms with Gasteiger partial charge in [-0.05, 0) is 38.1 Å². The maximum absolute atomic E-state index is 12.2. The van der Waals surface area contributed by atoms with E-state index in [1.54, 1.807) is 6.07 Å². The van der Waals surface area contributed by atoms with Crippen LogP contribution in [0.1, 0.15) is 35.5 Å². The number of hydrogen-bond acceptors (Lipinski definition) is 4. The van der Waals surface area contributed by atoms with Crippen molar-refractivity contribution in [3.63, 3.8) is 0 Å². The number of nitrogens with one attached hydrogen (secondary N) is 1. The van der Waals surface area contributed by atoms with Gasteiger partial charge in [0.15, 0.2) is 0 Å². The lowest BCUT2D eigenvalue weighted by Gasteiger charge is -2.38. The van der Waals surface area contributed by atoms with Gasteiger partial charge in [0, 0.05) is 25.7 Å². The van der Waals surface area contributed by atoms with Crippen LogP contribution in [-0.2, 0) is 0 Å². The molecular formula is C13H19N3O2. The minimum Gasteiger partial charge on any atom is -0.351 e. The number of likely N-dealkylation sites (tertiary alicyclic amines) is 1. The standard InChI is InChI=1S/C13H19N3O2/c1-10-8-11(18-15-10)12(17)16-6-3-13(4-7-16)2-5-14-9-13/h8,14H,2-7,9H2,1H3. The number of nitrogens with zero attached hydrogens (tertiary/aromatic N) is 2. The van der Waals surface area contributed by atoms with Crippen molar-refractivity contribution in [2.24, 2.45) is 5.41 Å². The van der Waals surface area contributed by atoms with E-state index in [4.69, 9.17) is 4.52 Å². The summed E-state index contributed by atoms with van der Waals surface area (Å²) in [6, 6.07) is 1.71. The summed E-state index contributed by atoms with van der Waals surface area (Å²) < 4.78 is 5.04. The van der Waals surface area contributed by atoms with Crippen molar-refractivity contribution < 1.29 is 9.32 Å². The molecule has 3 rings (SSSR count). The molecule has 1 spiro atoms. The van der Waals surface area contributed by atoms with Crippen molar-refractivity contribution in [1.29, 1.82) is 0 Å². The second-order valence-electron chi connectivity index (χ2n) is 5.55. The van der Waals surface area contributed by atoms with Crippen molar-refractivity contribution in [2.75, 3.05) is 26.2 Å². The number of piperidine rings is 1. The fourth-order valence-electron chi connectivity index (χ4n) is 3.03. The van der Waals surface area contributed by atoms with Crippen LogP contribution in [0.25, 0.3) is 0 Å². The van der Waals surface area contributed by atoms with E-state index in [1.165, 1.54) is 6.42 Å². The second-order valence-corrected chi connectivity index (χ2v) is 5.55. The Balaban J connectivity index is 1.64. The Kier molecular flexibility index (Phi) is 2.86. The van der Waals surface area contributed by atoms with Crippen molar-refractivity contribution >= 4 is 5.91 Å². The Hall–Kier alpha value is -1.36. The normalized spacial score (nSPS) is 22.6. The Morgan fingerprint density at radius 1 is 1.44 bits per heavy atom.